The summed E-state index contributed by atoms with van der Waals surface area (Å²) < 4.78 is 12.9. The zero-order chi connectivity index (χ0) is 16.2. The highest BCUT2D eigenvalue weighted by Gasteiger charge is 2.25. The molecule has 0 radical (unpaired) electrons. The van der Waals surface area contributed by atoms with Crippen LogP contribution in [-0.2, 0) is 16.0 Å². The van der Waals surface area contributed by atoms with Crippen LogP contribution in [0.5, 0.6) is 0 Å². The van der Waals surface area contributed by atoms with Crippen molar-refractivity contribution in [1.82, 2.24) is 15.8 Å². The van der Waals surface area contributed by atoms with Crippen LogP contribution in [0.3, 0.4) is 0 Å². The van der Waals surface area contributed by atoms with Gasteiger partial charge in [0, 0.05) is 16.9 Å². The summed E-state index contributed by atoms with van der Waals surface area (Å²) in [4.78, 5) is 27.8. The number of thiazole rings is 1. The van der Waals surface area contributed by atoms with Crippen molar-refractivity contribution in [3.8, 4) is 10.6 Å². The Bertz CT molecular complexity index is 710. The number of amides is 2. The summed E-state index contributed by atoms with van der Waals surface area (Å²) in [6, 6.07) is 6.05. The standard InChI is InChI=1S/C16H16FN3O2S/c17-12-6-4-11(5-7-12)16-18-13(9-23-16)8-14(21)19-20-15(22)10-2-1-3-10/h4-7,9-10H,1-3,8H2,(H,19,21)(H,20,22). The fourth-order valence-corrected chi connectivity index (χ4v) is 3.05. The Labute approximate surface area is 136 Å². The third kappa shape index (κ3) is 3.92. The minimum atomic E-state index is -0.311. The van der Waals surface area contributed by atoms with Crippen LogP contribution in [0.15, 0.2) is 29.6 Å². The lowest BCUT2D eigenvalue weighted by atomic mass is 9.85. The number of aromatic nitrogens is 1. The number of hydrogen-bond acceptors (Lipinski definition) is 4. The van der Waals surface area contributed by atoms with Crippen LogP contribution in [-0.4, -0.2) is 16.8 Å². The molecule has 0 spiro atoms. The van der Waals surface area contributed by atoms with Crippen molar-refractivity contribution in [3.63, 3.8) is 0 Å². The van der Waals surface area contributed by atoms with Crippen LogP contribution in [0.4, 0.5) is 4.39 Å². The average molecular weight is 333 g/mol. The number of benzene rings is 1. The normalized spacial score (nSPS) is 14.1. The van der Waals surface area contributed by atoms with Crippen molar-refractivity contribution in [1.29, 1.82) is 0 Å². The molecule has 1 heterocycles. The second kappa shape index (κ2) is 6.87. The second-order valence-electron chi connectivity index (χ2n) is 5.49. The van der Waals surface area contributed by atoms with E-state index >= 15 is 0 Å². The molecule has 1 aliphatic rings. The summed E-state index contributed by atoms with van der Waals surface area (Å²) in [6.45, 7) is 0. The van der Waals surface area contributed by atoms with Gasteiger partial charge in [0.1, 0.15) is 10.8 Å². The van der Waals surface area contributed by atoms with E-state index in [9.17, 15) is 14.0 Å². The quantitative estimate of drug-likeness (QED) is 0.844. The molecule has 1 fully saturated rings. The highest BCUT2D eigenvalue weighted by atomic mass is 32.1. The van der Waals surface area contributed by atoms with E-state index in [0.29, 0.717) is 5.69 Å². The second-order valence-corrected chi connectivity index (χ2v) is 6.35. The Morgan fingerprint density at radius 2 is 1.96 bits per heavy atom. The van der Waals surface area contributed by atoms with E-state index < -0.39 is 0 Å². The van der Waals surface area contributed by atoms with Gasteiger partial charge in [0.2, 0.25) is 11.8 Å². The molecule has 1 saturated carbocycles. The molecule has 0 unspecified atom stereocenters. The molecule has 1 aromatic heterocycles. The number of carbonyl (C=O) groups excluding carboxylic acids is 2. The monoisotopic (exact) mass is 333 g/mol. The number of halogens is 1. The van der Waals surface area contributed by atoms with Crippen LogP contribution in [0.2, 0.25) is 0 Å². The highest BCUT2D eigenvalue weighted by molar-refractivity contribution is 7.13. The van der Waals surface area contributed by atoms with Gasteiger partial charge in [0.05, 0.1) is 12.1 Å². The predicted octanol–water partition coefficient (Wildman–Crippen LogP) is 2.44. The third-order valence-electron chi connectivity index (χ3n) is 3.79. The molecule has 2 N–H and O–H groups in total. The first-order chi connectivity index (χ1) is 11.1. The molecule has 7 heteroatoms. The molecule has 1 aliphatic carbocycles. The van der Waals surface area contributed by atoms with Gasteiger partial charge in [-0.3, -0.25) is 20.4 Å². The fourth-order valence-electron chi connectivity index (χ4n) is 2.23. The molecule has 0 aliphatic heterocycles. The zero-order valence-corrected chi connectivity index (χ0v) is 13.2. The lowest BCUT2D eigenvalue weighted by molar-refractivity contribution is -0.132. The maximum Gasteiger partial charge on any atom is 0.244 e. The number of rotatable bonds is 4. The molecule has 2 amide bonds. The summed E-state index contributed by atoms with van der Waals surface area (Å²) in [5, 5.41) is 2.51. The van der Waals surface area contributed by atoms with Gasteiger partial charge in [-0.2, -0.15) is 0 Å². The lowest BCUT2D eigenvalue weighted by Crippen LogP contribution is -2.46. The Balaban J connectivity index is 1.52. The number of hydrogen-bond donors (Lipinski definition) is 2. The molecule has 1 aromatic carbocycles. The summed E-state index contributed by atoms with van der Waals surface area (Å²) in [5.41, 5.74) is 6.28. The van der Waals surface area contributed by atoms with E-state index in [-0.39, 0.29) is 30.0 Å². The van der Waals surface area contributed by atoms with Crippen LogP contribution in [0.25, 0.3) is 10.6 Å². The maximum absolute atomic E-state index is 12.9. The molecule has 0 atom stereocenters. The van der Waals surface area contributed by atoms with Gasteiger partial charge in [0.25, 0.3) is 0 Å². The van der Waals surface area contributed by atoms with Crippen molar-refractivity contribution in [2.24, 2.45) is 5.92 Å². The smallest absolute Gasteiger partial charge is 0.244 e. The minimum Gasteiger partial charge on any atom is -0.273 e. The van der Waals surface area contributed by atoms with Crippen molar-refractivity contribution in [3.05, 3.63) is 41.2 Å². The summed E-state index contributed by atoms with van der Waals surface area (Å²) in [5.74, 6) is -0.713. The topological polar surface area (TPSA) is 71.1 Å². The first-order valence-electron chi connectivity index (χ1n) is 7.41. The maximum atomic E-state index is 12.9. The van der Waals surface area contributed by atoms with Gasteiger partial charge < -0.3 is 0 Å². The first-order valence-corrected chi connectivity index (χ1v) is 8.29. The van der Waals surface area contributed by atoms with Crippen LogP contribution >= 0.6 is 11.3 Å². The van der Waals surface area contributed by atoms with Crippen molar-refractivity contribution >= 4 is 23.2 Å². The molecule has 3 rings (SSSR count). The van der Waals surface area contributed by atoms with Crippen molar-refractivity contribution < 1.29 is 14.0 Å². The molecule has 120 valence electrons. The van der Waals surface area contributed by atoms with Gasteiger partial charge in [-0.25, -0.2) is 9.37 Å². The molecule has 23 heavy (non-hydrogen) atoms. The first kappa shape index (κ1) is 15.6. The largest absolute Gasteiger partial charge is 0.273 e. The van der Waals surface area contributed by atoms with Crippen LogP contribution in [0.1, 0.15) is 25.0 Å². The summed E-state index contributed by atoms with van der Waals surface area (Å²) >= 11 is 1.39. The number of nitrogens with one attached hydrogen (secondary N) is 2. The molecule has 0 saturated heterocycles. The van der Waals surface area contributed by atoms with E-state index in [1.54, 1.807) is 17.5 Å². The Morgan fingerprint density at radius 1 is 1.22 bits per heavy atom. The SMILES string of the molecule is O=C(Cc1csc(-c2ccc(F)cc2)n1)NNC(=O)C1CCC1. The van der Waals surface area contributed by atoms with E-state index in [1.165, 1.54) is 23.5 Å². The highest BCUT2D eigenvalue weighted by Crippen LogP contribution is 2.26. The minimum absolute atomic E-state index is 0.0275. The fraction of sp³-hybridized carbons (Fsp3) is 0.312. The van der Waals surface area contributed by atoms with E-state index in [4.69, 9.17) is 0 Å². The van der Waals surface area contributed by atoms with Gasteiger partial charge in [-0.1, -0.05) is 6.42 Å². The van der Waals surface area contributed by atoms with Crippen LogP contribution in [0, 0.1) is 11.7 Å². The Hall–Kier alpha value is -2.28. The van der Waals surface area contributed by atoms with Gasteiger partial charge in [-0.15, -0.1) is 11.3 Å². The summed E-state index contributed by atoms with van der Waals surface area (Å²) in [7, 11) is 0. The zero-order valence-electron chi connectivity index (χ0n) is 12.3. The Kier molecular flexibility index (Phi) is 4.66. The lowest BCUT2D eigenvalue weighted by Gasteiger charge is -2.23. The number of nitrogens with zero attached hydrogens (tertiary/aromatic N) is 1. The van der Waals surface area contributed by atoms with E-state index in [0.717, 1.165) is 29.8 Å². The van der Waals surface area contributed by atoms with E-state index in [1.807, 2.05) is 0 Å². The molecule has 0 bridgehead atoms. The Morgan fingerprint density at radius 3 is 2.61 bits per heavy atom. The van der Waals surface area contributed by atoms with Crippen LogP contribution < -0.4 is 10.9 Å². The van der Waals surface area contributed by atoms with Gasteiger partial charge in [-0.05, 0) is 37.1 Å². The van der Waals surface area contributed by atoms with E-state index in [2.05, 4.69) is 15.8 Å². The molecule has 5 nitrogen and oxygen atoms in total. The molecule has 2 aromatic rings. The van der Waals surface area contributed by atoms with Crippen molar-refractivity contribution in [2.75, 3.05) is 0 Å². The molecular weight excluding hydrogens is 317 g/mol. The van der Waals surface area contributed by atoms with Crippen molar-refractivity contribution in [2.45, 2.75) is 25.7 Å². The third-order valence-corrected chi connectivity index (χ3v) is 4.73. The average Bonchev–Trinajstić information content (AvgIpc) is 2.92. The van der Waals surface area contributed by atoms with Gasteiger partial charge in [0.15, 0.2) is 0 Å². The van der Waals surface area contributed by atoms with Gasteiger partial charge >= 0.3 is 0 Å². The number of hydrazine groups is 1. The number of carbonyl (C=O) groups is 2. The summed E-state index contributed by atoms with van der Waals surface area (Å²) in [6.07, 6.45) is 2.92. The predicted molar refractivity (Wildman–Crippen MR) is 84.8 cm³/mol. The molecular formula is C16H16FN3O2S.